The Balaban J connectivity index is 1.87. The van der Waals surface area contributed by atoms with Gasteiger partial charge in [0.05, 0.1) is 32.3 Å². The number of pyridine rings is 1. The Morgan fingerprint density at radius 2 is 1.76 bits per heavy atom. The molecule has 3 aromatic rings. The van der Waals surface area contributed by atoms with E-state index >= 15 is 0 Å². The summed E-state index contributed by atoms with van der Waals surface area (Å²) in [5, 5.41) is 8.04. The normalized spacial score (nSPS) is 10.9. The molecule has 0 fully saturated rings. The van der Waals surface area contributed by atoms with Gasteiger partial charge in [0.15, 0.2) is 5.65 Å². The molecule has 1 aromatic carbocycles. The fourth-order valence-corrected chi connectivity index (χ4v) is 2.53. The van der Waals surface area contributed by atoms with Crippen LogP contribution in [0.1, 0.15) is 30.2 Å². The van der Waals surface area contributed by atoms with Crippen molar-refractivity contribution < 1.29 is 14.3 Å². The Bertz CT molecular complexity index is 896. The van der Waals surface area contributed by atoms with E-state index in [1.54, 1.807) is 44.8 Å². The maximum Gasteiger partial charge on any atom is 0.255 e. The number of hydrogen-bond acceptors (Lipinski definition) is 5. The van der Waals surface area contributed by atoms with Crippen LogP contribution in [0.3, 0.4) is 0 Å². The van der Waals surface area contributed by atoms with Crippen molar-refractivity contribution in [2.24, 2.45) is 0 Å². The summed E-state index contributed by atoms with van der Waals surface area (Å²) in [7, 11) is 3.08. The van der Waals surface area contributed by atoms with Crippen LogP contribution in [0.2, 0.25) is 0 Å². The van der Waals surface area contributed by atoms with Crippen LogP contribution >= 0.6 is 0 Å². The molecule has 0 aliphatic heterocycles. The van der Waals surface area contributed by atoms with Crippen molar-refractivity contribution in [2.75, 3.05) is 19.5 Å². The maximum atomic E-state index is 12.5. The zero-order valence-electron chi connectivity index (χ0n) is 14.6. The summed E-state index contributed by atoms with van der Waals surface area (Å²) < 4.78 is 12.2. The Morgan fingerprint density at radius 3 is 2.36 bits per heavy atom. The first-order valence-electron chi connectivity index (χ1n) is 7.89. The summed E-state index contributed by atoms with van der Waals surface area (Å²) in [5.41, 5.74) is 1.83. The number of hydrogen-bond donors (Lipinski definition) is 1. The third kappa shape index (κ3) is 3.40. The highest BCUT2D eigenvalue weighted by Gasteiger charge is 2.12. The molecule has 3 rings (SSSR count). The first kappa shape index (κ1) is 16.8. The van der Waals surface area contributed by atoms with Crippen molar-refractivity contribution in [3.05, 3.63) is 42.2 Å². The summed E-state index contributed by atoms with van der Waals surface area (Å²) in [6, 6.07) is 7.09. The van der Waals surface area contributed by atoms with E-state index in [4.69, 9.17) is 9.47 Å². The Morgan fingerprint density at radius 1 is 1.08 bits per heavy atom. The minimum atomic E-state index is -0.269. The van der Waals surface area contributed by atoms with Gasteiger partial charge in [0, 0.05) is 23.1 Å². The average molecular weight is 340 g/mol. The van der Waals surface area contributed by atoms with Crippen LogP contribution in [0.25, 0.3) is 11.0 Å². The van der Waals surface area contributed by atoms with E-state index in [-0.39, 0.29) is 11.9 Å². The van der Waals surface area contributed by atoms with Crippen LogP contribution in [0.4, 0.5) is 5.69 Å². The molecule has 0 spiro atoms. The molecule has 130 valence electrons. The Hall–Kier alpha value is -3.09. The molecule has 2 heterocycles. The monoisotopic (exact) mass is 340 g/mol. The summed E-state index contributed by atoms with van der Waals surface area (Å²) in [4.78, 5) is 16.9. The van der Waals surface area contributed by atoms with Gasteiger partial charge in [-0.15, -0.1) is 0 Å². The molecule has 7 heteroatoms. The minimum absolute atomic E-state index is 0.217. The first-order chi connectivity index (χ1) is 12.0. The largest absolute Gasteiger partial charge is 0.497 e. The van der Waals surface area contributed by atoms with Gasteiger partial charge in [0.25, 0.3) is 5.91 Å². The summed E-state index contributed by atoms with van der Waals surface area (Å²) in [6.45, 7) is 4.08. The quantitative estimate of drug-likeness (QED) is 0.771. The molecule has 0 unspecified atom stereocenters. The van der Waals surface area contributed by atoms with Crippen molar-refractivity contribution in [3.63, 3.8) is 0 Å². The van der Waals surface area contributed by atoms with Crippen LogP contribution in [0.15, 0.2) is 36.7 Å². The highest BCUT2D eigenvalue weighted by molar-refractivity contribution is 6.05. The van der Waals surface area contributed by atoms with Crippen LogP contribution in [0, 0.1) is 0 Å². The lowest BCUT2D eigenvalue weighted by molar-refractivity contribution is 0.102. The molecule has 0 saturated heterocycles. The second-order valence-corrected chi connectivity index (χ2v) is 5.88. The molecule has 0 saturated carbocycles. The fraction of sp³-hybridized carbons (Fsp3) is 0.278. The summed E-state index contributed by atoms with van der Waals surface area (Å²) >= 11 is 0. The van der Waals surface area contributed by atoms with E-state index in [2.05, 4.69) is 15.4 Å². The van der Waals surface area contributed by atoms with Crippen molar-refractivity contribution in [3.8, 4) is 11.5 Å². The number of methoxy groups -OCH3 is 2. The van der Waals surface area contributed by atoms with Gasteiger partial charge in [0.2, 0.25) is 0 Å². The van der Waals surface area contributed by atoms with E-state index in [1.165, 1.54) is 0 Å². The zero-order valence-corrected chi connectivity index (χ0v) is 14.6. The predicted octanol–water partition coefficient (Wildman–Crippen LogP) is 3.28. The average Bonchev–Trinajstić information content (AvgIpc) is 3.04. The van der Waals surface area contributed by atoms with Crippen molar-refractivity contribution in [1.29, 1.82) is 0 Å². The fourth-order valence-electron chi connectivity index (χ4n) is 2.53. The highest BCUT2D eigenvalue weighted by atomic mass is 16.5. The maximum absolute atomic E-state index is 12.5. The lowest BCUT2D eigenvalue weighted by Gasteiger charge is -2.10. The van der Waals surface area contributed by atoms with Gasteiger partial charge in [-0.05, 0) is 32.0 Å². The van der Waals surface area contributed by atoms with Gasteiger partial charge in [-0.3, -0.25) is 4.79 Å². The van der Waals surface area contributed by atoms with Crippen LogP contribution < -0.4 is 14.8 Å². The molecule has 0 radical (unpaired) electrons. The van der Waals surface area contributed by atoms with Crippen LogP contribution in [-0.2, 0) is 0 Å². The smallest absolute Gasteiger partial charge is 0.255 e. The molecule has 1 amide bonds. The third-order valence-corrected chi connectivity index (χ3v) is 3.79. The number of rotatable bonds is 5. The Labute approximate surface area is 145 Å². The number of carbonyl (C=O) groups excluding carboxylic acids is 1. The summed E-state index contributed by atoms with van der Waals surface area (Å²) in [5.74, 6) is 0.835. The topological polar surface area (TPSA) is 78.3 Å². The molecule has 0 bridgehead atoms. The predicted molar refractivity (Wildman–Crippen MR) is 95.4 cm³/mol. The van der Waals surface area contributed by atoms with Gasteiger partial charge in [-0.25, -0.2) is 9.67 Å². The number of ether oxygens (including phenoxy) is 2. The molecule has 0 aliphatic rings. The molecular weight excluding hydrogens is 320 g/mol. The van der Waals surface area contributed by atoms with Crippen LogP contribution in [-0.4, -0.2) is 34.9 Å². The number of nitrogens with one attached hydrogen (secondary N) is 1. The number of fused-ring (bicyclic) bond motifs is 1. The van der Waals surface area contributed by atoms with Crippen molar-refractivity contribution in [2.45, 2.75) is 19.9 Å². The van der Waals surface area contributed by atoms with Gasteiger partial charge in [-0.1, -0.05) is 0 Å². The van der Waals surface area contributed by atoms with Crippen LogP contribution in [0.5, 0.6) is 11.5 Å². The second kappa shape index (κ2) is 6.80. The van der Waals surface area contributed by atoms with E-state index in [9.17, 15) is 4.79 Å². The molecule has 7 nitrogen and oxygen atoms in total. The highest BCUT2D eigenvalue weighted by Crippen LogP contribution is 2.24. The Kier molecular flexibility index (Phi) is 4.56. The van der Waals surface area contributed by atoms with Gasteiger partial charge in [-0.2, -0.15) is 5.10 Å². The first-order valence-corrected chi connectivity index (χ1v) is 7.89. The number of amides is 1. The minimum Gasteiger partial charge on any atom is -0.497 e. The van der Waals surface area contributed by atoms with E-state index in [0.717, 1.165) is 11.0 Å². The molecular formula is C18H20N4O3. The zero-order chi connectivity index (χ0) is 18.0. The number of benzene rings is 1. The number of aromatic nitrogens is 3. The molecule has 25 heavy (non-hydrogen) atoms. The molecule has 1 N–H and O–H groups in total. The number of carbonyl (C=O) groups is 1. The second-order valence-electron chi connectivity index (χ2n) is 5.88. The lowest BCUT2D eigenvalue weighted by atomic mass is 10.2. The summed E-state index contributed by atoms with van der Waals surface area (Å²) in [6.07, 6.45) is 3.37. The number of nitrogens with zero attached hydrogens (tertiary/aromatic N) is 3. The molecule has 0 aliphatic carbocycles. The molecule has 0 atom stereocenters. The van der Waals surface area contributed by atoms with Gasteiger partial charge in [0.1, 0.15) is 11.5 Å². The van der Waals surface area contributed by atoms with E-state index < -0.39 is 0 Å². The SMILES string of the molecule is COc1cc(OC)cc(C(=O)Nc2cnc3c(cnn3C(C)C)c2)c1. The molecule has 2 aromatic heterocycles. The van der Waals surface area contributed by atoms with Crippen molar-refractivity contribution in [1.82, 2.24) is 14.8 Å². The third-order valence-electron chi connectivity index (χ3n) is 3.79. The van der Waals surface area contributed by atoms with E-state index in [0.29, 0.717) is 22.7 Å². The van der Waals surface area contributed by atoms with Crippen molar-refractivity contribution >= 4 is 22.6 Å². The van der Waals surface area contributed by atoms with Gasteiger partial charge >= 0.3 is 0 Å². The lowest BCUT2D eigenvalue weighted by Crippen LogP contribution is -2.12. The van der Waals surface area contributed by atoms with E-state index in [1.807, 2.05) is 24.6 Å². The van der Waals surface area contributed by atoms with Gasteiger partial charge < -0.3 is 14.8 Å². The number of anilines is 1. The standard InChI is InChI=1S/C18H20N4O3/c1-11(2)22-17-13(9-20-22)5-14(10-19-17)21-18(23)12-6-15(24-3)8-16(7-12)25-4/h5-11H,1-4H3,(H,21,23).